The lowest BCUT2D eigenvalue weighted by Gasteiger charge is -2.39. The first-order valence-corrected chi connectivity index (χ1v) is 9.35. The van der Waals surface area contributed by atoms with Crippen LogP contribution in [0.1, 0.15) is 24.8 Å². The van der Waals surface area contributed by atoms with Crippen LogP contribution in [0, 0.1) is 5.92 Å². The molecule has 4 rings (SSSR count). The molecule has 1 amide bonds. The van der Waals surface area contributed by atoms with E-state index >= 15 is 0 Å². The molecule has 0 radical (unpaired) electrons. The number of pyridine rings is 1. The molecule has 0 aliphatic carbocycles. The first kappa shape index (κ1) is 17.2. The van der Waals surface area contributed by atoms with Crippen molar-refractivity contribution in [2.24, 2.45) is 5.92 Å². The third-order valence-corrected chi connectivity index (χ3v) is 5.67. The maximum atomic E-state index is 12.4. The number of amides is 1. The summed E-state index contributed by atoms with van der Waals surface area (Å²) < 4.78 is 0. The molecule has 3 heterocycles. The predicted molar refractivity (Wildman–Crippen MR) is 101 cm³/mol. The summed E-state index contributed by atoms with van der Waals surface area (Å²) in [4.78, 5) is 20.8. The van der Waals surface area contributed by atoms with E-state index in [2.05, 4.69) is 9.88 Å². The number of nitrogens with zero attached hydrogens (tertiary/aromatic N) is 3. The van der Waals surface area contributed by atoms with E-state index in [1.54, 1.807) is 12.4 Å². The van der Waals surface area contributed by atoms with Crippen molar-refractivity contribution in [2.45, 2.75) is 24.9 Å². The van der Waals surface area contributed by atoms with Crippen LogP contribution in [-0.4, -0.2) is 47.1 Å². The zero-order chi connectivity index (χ0) is 18.0. The van der Waals surface area contributed by atoms with Crippen molar-refractivity contribution in [3.8, 4) is 0 Å². The van der Waals surface area contributed by atoms with E-state index in [0.29, 0.717) is 25.2 Å². The van der Waals surface area contributed by atoms with Crippen molar-refractivity contribution in [3.05, 3.63) is 60.4 Å². The van der Waals surface area contributed by atoms with Crippen molar-refractivity contribution >= 4 is 11.6 Å². The monoisotopic (exact) mass is 351 g/mol. The van der Waals surface area contributed by atoms with Crippen molar-refractivity contribution in [1.82, 2.24) is 9.88 Å². The van der Waals surface area contributed by atoms with Crippen molar-refractivity contribution in [1.29, 1.82) is 0 Å². The molecule has 1 aromatic carbocycles. The standard InChI is InChI=1S/C21H25N3O2/c25-20-13-17(16-24(20)19-6-2-1-3-7-19)15-23-11-8-21(26,9-12-23)18-5-4-10-22-14-18/h1-7,10,14,17,26H,8-9,11-13,15-16H2. The van der Waals surface area contributed by atoms with E-state index in [9.17, 15) is 9.90 Å². The van der Waals surface area contributed by atoms with Gasteiger partial charge in [-0.15, -0.1) is 0 Å². The number of piperidine rings is 1. The minimum absolute atomic E-state index is 0.213. The summed E-state index contributed by atoms with van der Waals surface area (Å²) in [5.74, 6) is 0.567. The fraction of sp³-hybridized carbons (Fsp3) is 0.429. The molecular formula is C21H25N3O2. The van der Waals surface area contributed by atoms with E-state index in [1.807, 2.05) is 47.4 Å². The smallest absolute Gasteiger partial charge is 0.227 e. The summed E-state index contributed by atoms with van der Waals surface area (Å²) in [6, 6.07) is 13.7. The van der Waals surface area contributed by atoms with E-state index in [0.717, 1.165) is 37.4 Å². The molecule has 1 N–H and O–H groups in total. The number of carbonyl (C=O) groups excluding carboxylic acids is 1. The van der Waals surface area contributed by atoms with Gasteiger partial charge in [0.25, 0.3) is 0 Å². The van der Waals surface area contributed by atoms with Crippen LogP contribution in [0.3, 0.4) is 0 Å². The average Bonchev–Trinajstić information content (AvgIpc) is 3.05. The molecule has 2 aromatic rings. The van der Waals surface area contributed by atoms with Crippen LogP contribution in [0.25, 0.3) is 0 Å². The fourth-order valence-electron chi connectivity index (χ4n) is 4.16. The minimum Gasteiger partial charge on any atom is -0.385 e. The lowest BCUT2D eigenvalue weighted by Crippen LogP contribution is -2.44. The summed E-state index contributed by atoms with van der Waals surface area (Å²) in [6.45, 7) is 3.40. The Hall–Kier alpha value is -2.24. The Bertz CT molecular complexity index is 742. The molecule has 1 aromatic heterocycles. The topological polar surface area (TPSA) is 56.7 Å². The molecule has 0 saturated carbocycles. The number of benzene rings is 1. The Morgan fingerprint density at radius 1 is 1.12 bits per heavy atom. The van der Waals surface area contributed by atoms with E-state index in [4.69, 9.17) is 0 Å². The normalized spacial score (nSPS) is 23.3. The quantitative estimate of drug-likeness (QED) is 0.919. The van der Waals surface area contributed by atoms with Gasteiger partial charge in [0.1, 0.15) is 0 Å². The molecule has 5 heteroatoms. The van der Waals surface area contributed by atoms with Gasteiger partial charge in [0.15, 0.2) is 0 Å². The largest absolute Gasteiger partial charge is 0.385 e. The van der Waals surface area contributed by atoms with Gasteiger partial charge in [-0.3, -0.25) is 9.78 Å². The van der Waals surface area contributed by atoms with Crippen molar-refractivity contribution in [3.63, 3.8) is 0 Å². The number of rotatable bonds is 4. The van der Waals surface area contributed by atoms with Gasteiger partial charge in [-0.25, -0.2) is 0 Å². The van der Waals surface area contributed by atoms with E-state index in [-0.39, 0.29) is 5.91 Å². The molecule has 2 aliphatic rings. The maximum Gasteiger partial charge on any atom is 0.227 e. The molecule has 0 spiro atoms. The molecule has 1 unspecified atom stereocenters. The van der Waals surface area contributed by atoms with E-state index < -0.39 is 5.60 Å². The first-order valence-electron chi connectivity index (χ1n) is 9.35. The highest BCUT2D eigenvalue weighted by molar-refractivity contribution is 5.95. The van der Waals surface area contributed by atoms with Gasteiger partial charge in [0.05, 0.1) is 5.60 Å². The van der Waals surface area contributed by atoms with Crippen LogP contribution >= 0.6 is 0 Å². The number of anilines is 1. The number of aliphatic hydroxyl groups is 1. The highest BCUT2D eigenvalue weighted by Crippen LogP contribution is 2.33. The van der Waals surface area contributed by atoms with Crippen LogP contribution in [0.15, 0.2) is 54.9 Å². The number of para-hydroxylation sites is 1. The molecular weight excluding hydrogens is 326 g/mol. The second-order valence-electron chi connectivity index (χ2n) is 7.48. The zero-order valence-electron chi connectivity index (χ0n) is 14.9. The van der Waals surface area contributed by atoms with Gasteiger partial charge in [-0.1, -0.05) is 24.3 Å². The van der Waals surface area contributed by atoms with Crippen LogP contribution in [-0.2, 0) is 10.4 Å². The fourth-order valence-corrected chi connectivity index (χ4v) is 4.16. The zero-order valence-corrected chi connectivity index (χ0v) is 14.9. The summed E-state index contributed by atoms with van der Waals surface area (Å²) in [7, 11) is 0. The summed E-state index contributed by atoms with van der Waals surface area (Å²) in [5.41, 5.74) is 1.13. The third kappa shape index (κ3) is 3.50. The molecule has 2 aliphatic heterocycles. The van der Waals surface area contributed by atoms with Crippen molar-refractivity contribution in [2.75, 3.05) is 31.1 Å². The third-order valence-electron chi connectivity index (χ3n) is 5.67. The van der Waals surface area contributed by atoms with Gasteiger partial charge in [-0.05, 0) is 37.0 Å². The predicted octanol–water partition coefficient (Wildman–Crippen LogP) is 2.42. The molecule has 136 valence electrons. The Kier molecular flexibility index (Phi) is 4.74. The van der Waals surface area contributed by atoms with Crippen molar-refractivity contribution < 1.29 is 9.90 Å². The van der Waals surface area contributed by atoms with Gasteiger partial charge in [-0.2, -0.15) is 0 Å². The highest BCUT2D eigenvalue weighted by Gasteiger charge is 2.37. The average molecular weight is 351 g/mol. The Morgan fingerprint density at radius 3 is 2.58 bits per heavy atom. The van der Waals surface area contributed by atoms with Gasteiger partial charge < -0.3 is 14.9 Å². The number of hydrogen-bond acceptors (Lipinski definition) is 4. The SMILES string of the molecule is O=C1CC(CN2CCC(O)(c3cccnc3)CC2)CN1c1ccccc1. The summed E-state index contributed by atoms with van der Waals surface area (Å²) >= 11 is 0. The Balaban J connectivity index is 1.33. The molecule has 0 bridgehead atoms. The number of hydrogen-bond donors (Lipinski definition) is 1. The molecule has 2 saturated heterocycles. The maximum absolute atomic E-state index is 12.4. The van der Waals surface area contributed by atoms with Crippen LogP contribution in [0.2, 0.25) is 0 Å². The van der Waals surface area contributed by atoms with Gasteiger partial charge in [0, 0.05) is 56.2 Å². The van der Waals surface area contributed by atoms with Crippen LogP contribution < -0.4 is 4.90 Å². The number of carbonyl (C=O) groups is 1. The summed E-state index contributed by atoms with van der Waals surface area (Å²) in [6.07, 6.45) is 5.53. The second-order valence-corrected chi connectivity index (χ2v) is 7.48. The minimum atomic E-state index is -0.771. The first-order chi connectivity index (χ1) is 12.6. The number of aromatic nitrogens is 1. The lowest BCUT2D eigenvalue weighted by atomic mass is 9.85. The molecule has 1 atom stereocenters. The Morgan fingerprint density at radius 2 is 1.88 bits per heavy atom. The second kappa shape index (κ2) is 7.17. The molecule has 5 nitrogen and oxygen atoms in total. The van der Waals surface area contributed by atoms with E-state index in [1.165, 1.54) is 0 Å². The van der Waals surface area contributed by atoms with Gasteiger partial charge in [0.2, 0.25) is 5.91 Å². The molecule has 2 fully saturated rings. The van der Waals surface area contributed by atoms with Crippen LogP contribution in [0.5, 0.6) is 0 Å². The van der Waals surface area contributed by atoms with Gasteiger partial charge >= 0.3 is 0 Å². The highest BCUT2D eigenvalue weighted by atomic mass is 16.3. The molecule has 26 heavy (non-hydrogen) atoms. The lowest BCUT2D eigenvalue weighted by molar-refractivity contribution is -0.117. The number of likely N-dealkylation sites (tertiary alicyclic amines) is 1. The summed E-state index contributed by atoms with van der Waals surface area (Å²) in [5, 5.41) is 10.9. The van der Waals surface area contributed by atoms with Crippen LogP contribution in [0.4, 0.5) is 5.69 Å². The Labute approximate surface area is 154 Å².